The first-order valence-electron chi connectivity index (χ1n) is 8.06. The minimum Gasteiger partial charge on any atom is -0.271 e. The van der Waals surface area contributed by atoms with Crippen LogP contribution in [0.1, 0.15) is 58.4 Å². The van der Waals surface area contributed by atoms with Gasteiger partial charge in [0.25, 0.3) is 11.8 Å². The molecule has 4 heteroatoms. The van der Waals surface area contributed by atoms with Gasteiger partial charge in [0, 0.05) is 27.9 Å². The zero-order chi connectivity index (χ0) is 16.0. The van der Waals surface area contributed by atoms with Crippen LogP contribution in [-0.2, 0) is 0 Å². The van der Waals surface area contributed by atoms with Crippen molar-refractivity contribution in [2.24, 2.45) is 0 Å². The lowest BCUT2D eigenvalue weighted by atomic mass is 9.88. The summed E-state index contributed by atoms with van der Waals surface area (Å²) < 4.78 is 0. The lowest BCUT2D eigenvalue weighted by Gasteiger charge is -2.35. The smallest absolute Gasteiger partial charge is 0.261 e. The van der Waals surface area contributed by atoms with Gasteiger partial charge in [0.05, 0.1) is 11.6 Å². The van der Waals surface area contributed by atoms with E-state index in [1.165, 1.54) is 11.3 Å². The summed E-state index contributed by atoms with van der Waals surface area (Å²) in [7, 11) is 0. The molecule has 0 atom stereocenters. The van der Waals surface area contributed by atoms with Crippen LogP contribution in [0.2, 0.25) is 0 Å². The summed E-state index contributed by atoms with van der Waals surface area (Å²) in [5.74, 6) is -0.426. The second-order valence-corrected chi connectivity index (χ2v) is 6.27. The molecule has 2 aromatic rings. The monoisotopic (exact) mass is 304 g/mol. The highest BCUT2D eigenvalue weighted by Gasteiger charge is 2.37. The number of benzene rings is 2. The molecule has 0 saturated heterocycles. The molecule has 4 nitrogen and oxygen atoms in total. The maximum absolute atomic E-state index is 12.9. The summed E-state index contributed by atoms with van der Waals surface area (Å²) in [6, 6.07) is 10.9. The van der Waals surface area contributed by atoms with E-state index in [0.717, 1.165) is 25.7 Å². The van der Waals surface area contributed by atoms with E-state index < -0.39 is 0 Å². The molecule has 1 aliphatic carbocycles. The van der Waals surface area contributed by atoms with Crippen molar-refractivity contribution in [3.8, 4) is 6.07 Å². The molecule has 2 aliphatic rings. The summed E-state index contributed by atoms with van der Waals surface area (Å²) >= 11 is 0. The zero-order valence-electron chi connectivity index (χ0n) is 12.7. The van der Waals surface area contributed by atoms with Gasteiger partial charge in [0.2, 0.25) is 0 Å². The molecule has 0 spiro atoms. The van der Waals surface area contributed by atoms with Gasteiger partial charge in [-0.2, -0.15) is 5.26 Å². The van der Waals surface area contributed by atoms with E-state index in [4.69, 9.17) is 0 Å². The molecule has 0 unspecified atom stereocenters. The molecule has 2 amide bonds. The molecule has 2 aromatic carbocycles. The topological polar surface area (TPSA) is 61.2 Å². The van der Waals surface area contributed by atoms with Crippen LogP contribution in [-0.4, -0.2) is 22.8 Å². The maximum atomic E-state index is 12.9. The first kappa shape index (κ1) is 14.0. The van der Waals surface area contributed by atoms with Crippen LogP contribution in [0.15, 0.2) is 30.3 Å². The third kappa shape index (κ3) is 1.97. The Hall–Kier alpha value is -2.67. The highest BCUT2D eigenvalue weighted by molar-refractivity contribution is 6.26. The number of rotatable bonds is 1. The number of hydrogen-bond acceptors (Lipinski definition) is 3. The third-order valence-electron chi connectivity index (χ3n) is 5.00. The minimum atomic E-state index is -0.213. The molecular formula is C19H16N2O2. The Balaban J connectivity index is 1.92. The maximum Gasteiger partial charge on any atom is 0.261 e. The third-order valence-corrected chi connectivity index (χ3v) is 5.00. The molecule has 114 valence electrons. The second-order valence-electron chi connectivity index (χ2n) is 6.27. The SMILES string of the molecule is N#Cc1ccc2c3c(cccc13)C(=O)N(C1CCCCC1)C2=O. The minimum absolute atomic E-state index is 0.00259. The standard InChI is InChI=1S/C19H16N2O2/c20-11-12-9-10-16-17-14(12)7-4-8-15(17)18(22)21(19(16)23)13-5-2-1-3-6-13/h4,7-10,13H,1-3,5-6H2. The summed E-state index contributed by atoms with van der Waals surface area (Å²) in [5.41, 5.74) is 1.58. The molecular weight excluding hydrogens is 288 g/mol. The molecule has 1 heterocycles. The zero-order valence-corrected chi connectivity index (χ0v) is 12.7. The van der Waals surface area contributed by atoms with Crippen molar-refractivity contribution in [2.75, 3.05) is 0 Å². The number of nitriles is 1. The van der Waals surface area contributed by atoms with Gasteiger partial charge < -0.3 is 0 Å². The summed E-state index contributed by atoms with van der Waals surface area (Å²) in [4.78, 5) is 27.3. The van der Waals surface area contributed by atoms with Crippen LogP contribution in [0.25, 0.3) is 10.8 Å². The van der Waals surface area contributed by atoms with Gasteiger partial charge in [0.1, 0.15) is 0 Å². The molecule has 4 rings (SSSR count). The van der Waals surface area contributed by atoms with E-state index in [-0.39, 0.29) is 17.9 Å². The Kier molecular flexibility index (Phi) is 3.16. The predicted octanol–water partition coefficient (Wildman–Crippen LogP) is 3.64. The molecule has 23 heavy (non-hydrogen) atoms. The van der Waals surface area contributed by atoms with Gasteiger partial charge in [-0.15, -0.1) is 0 Å². The van der Waals surface area contributed by atoms with Crippen LogP contribution in [0.5, 0.6) is 0 Å². The quantitative estimate of drug-likeness (QED) is 0.756. The number of nitrogens with zero attached hydrogens (tertiary/aromatic N) is 2. The normalized spacial score (nSPS) is 18.3. The van der Waals surface area contributed by atoms with Gasteiger partial charge in [0.15, 0.2) is 0 Å². The number of carbonyl (C=O) groups excluding carboxylic acids is 2. The van der Waals surface area contributed by atoms with E-state index in [9.17, 15) is 14.9 Å². The molecule has 0 N–H and O–H groups in total. The first-order valence-corrected chi connectivity index (χ1v) is 8.06. The Bertz CT molecular complexity index is 851. The van der Waals surface area contributed by atoms with Gasteiger partial charge in [-0.1, -0.05) is 31.4 Å². The molecule has 0 radical (unpaired) electrons. The van der Waals surface area contributed by atoms with E-state index in [0.29, 0.717) is 27.5 Å². The first-order chi connectivity index (χ1) is 11.2. The lowest BCUT2D eigenvalue weighted by Crippen LogP contribution is -2.47. The van der Waals surface area contributed by atoms with Crippen molar-refractivity contribution in [2.45, 2.75) is 38.1 Å². The van der Waals surface area contributed by atoms with E-state index in [2.05, 4.69) is 6.07 Å². The second kappa shape index (κ2) is 5.20. The average Bonchev–Trinajstić information content (AvgIpc) is 2.60. The van der Waals surface area contributed by atoms with Crippen molar-refractivity contribution in [1.82, 2.24) is 4.90 Å². The fraction of sp³-hybridized carbons (Fsp3) is 0.316. The Labute approximate surface area is 134 Å². The number of hydrogen-bond donors (Lipinski definition) is 0. The Morgan fingerprint density at radius 3 is 2.35 bits per heavy atom. The lowest BCUT2D eigenvalue weighted by molar-refractivity contribution is 0.0503. The number of amides is 2. The largest absolute Gasteiger partial charge is 0.271 e. The van der Waals surface area contributed by atoms with E-state index in [1.807, 2.05) is 0 Å². The molecule has 1 aliphatic heterocycles. The summed E-state index contributed by atoms with van der Waals surface area (Å²) in [5, 5.41) is 10.6. The van der Waals surface area contributed by atoms with Crippen molar-refractivity contribution < 1.29 is 9.59 Å². The fourth-order valence-electron chi connectivity index (χ4n) is 3.88. The predicted molar refractivity (Wildman–Crippen MR) is 86.0 cm³/mol. The summed E-state index contributed by atoms with van der Waals surface area (Å²) in [6.45, 7) is 0. The van der Waals surface area contributed by atoms with Crippen LogP contribution in [0.4, 0.5) is 0 Å². The highest BCUT2D eigenvalue weighted by Crippen LogP contribution is 2.35. The van der Waals surface area contributed by atoms with Crippen LogP contribution >= 0.6 is 0 Å². The fourth-order valence-corrected chi connectivity index (χ4v) is 3.88. The van der Waals surface area contributed by atoms with Crippen molar-refractivity contribution in [3.63, 3.8) is 0 Å². The van der Waals surface area contributed by atoms with Gasteiger partial charge in [-0.05, 0) is 31.0 Å². The molecule has 0 aromatic heterocycles. The van der Waals surface area contributed by atoms with E-state index >= 15 is 0 Å². The van der Waals surface area contributed by atoms with Gasteiger partial charge in [-0.3, -0.25) is 14.5 Å². The van der Waals surface area contributed by atoms with Crippen LogP contribution in [0, 0.1) is 11.3 Å². The highest BCUT2D eigenvalue weighted by atomic mass is 16.2. The van der Waals surface area contributed by atoms with Crippen molar-refractivity contribution in [1.29, 1.82) is 5.26 Å². The summed E-state index contributed by atoms with van der Waals surface area (Å²) in [6.07, 6.45) is 5.07. The molecule has 0 bridgehead atoms. The molecule has 1 fully saturated rings. The van der Waals surface area contributed by atoms with Crippen molar-refractivity contribution >= 4 is 22.6 Å². The average molecular weight is 304 g/mol. The number of imide groups is 1. The Morgan fingerprint density at radius 1 is 0.957 bits per heavy atom. The van der Waals surface area contributed by atoms with Crippen LogP contribution < -0.4 is 0 Å². The number of carbonyl (C=O) groups is 2. The van der Waals surface area contributed by atoms with Gasteiger partial charge in [-0.25, -0.2) is 0 Å². The van der Waals surface area contributed by atoms with Gasteiger partial charge >= 0.3 is 0 Å². The Morgan fingerprint density at radius 2 is 1.65 bits per heavy atom. The van der Waals surface area contributed by atoms with E-state index in [1.54, 1.807) is 30.3 Å². The van der Waals surface area contributed by atoms with Crippen LogP contribution in [0.3, 0.4) is 0 Å². The van der Waals surface area contributed by atoms with Crippen molar-refractivity contribution in [3.05, 3.63) is 47.0 Å². The molecule has 1 saturated carbocycles.